The first kappa shape index (κ1) is 13.9. The lowest BCUT2D eigenvalue weighted by Gasteiger charge is -2.34. The van der Waals surface area contributed by atoms with E-state index in [1.54, 1.807) is 23.8 Å². The van der Waals surface area contributed by atoms with Crippen LogP contribution in [0.5, 0.6) is 0 Å². The van der Waals surface area contributed by atoms with E-state index < -0.39 is 0 Å². The van der Waals surface area contributed by atoms with Gasteiger partial charge in [0.05, 0.1) is 13.2 Å². The number of piperazine rings is 1. The van der Waals surface area contributed by atoms with Crippen molar-refractivity contribution in [3.05, 3.63) is 0 Å². The fourth-order valence-electron chi connectivity index (χ4n) is 1.76. The van der Waals surface area contributed by atoms with Crippen molar-refractivity contribution < 1.29 is 14.3 Å². The minimum absolute atomic E-state index is 0.0219. The van der Waals surface area contributed by atoms with Crippen LogP contribution in [0.25, 0.3) is 0 Å². The Morgan fingerprint density at radius 2 is 2.24 bits per heavy atom. The highest BCUT2D eigenvalue weighted by atomic mass is 16.5. The molecule has 6 nitrogen and oxygen atoms in total. The summed E-state index contributed by atoms with van der Waals surface area (Å²) < 4.78 is 4.93. The molecule has 2 amide bonds. The molecule has 6 heteroatoms. The third-order valence-electron chi connectivity index (χ3n) is 2.73. The zero-order chi connectivity index (χ0) is 12.8. The number of carbonyl (C=O) groups is 2. The molecule has 1 rings (SSSR count). The molecule has 1 heterocycles. The van der Waals surface area contributed by atoms with Gasteiger partial charge in [-0.05, 0) is 6.92 Å². The number of hydrogen-bond donors (Lipinski definition) is 1. The summed E-state index contributed by atoms with van der Waals surface area (Å²) in [6, 6.07) is -0.163. The summed E-state index contributed by atoms with van der Waals surface area (Å²) in [5.74, 6) is -0.0638. The quantitative estimate of drug-likeness (QED) is 0.675. The molecule has 1 unspecified atom stereocenters. The molecular formula is C11H21N3O3. The lowest BCUT2D eigenvalue weighted by Crippen LogP contribution is -2.53. The molecule has 0 spiro atoms. The number of nitrogens with two attached hydrogens (primary N) is 1. The molecule has 1 aliphatic heterocycles. The van der Waals surface area contributed by atoms with E-state index in [0.29, 0.717) is 32.7 Å². The van der Waals surface area contributed by atoms with Gasteiger partial charge in [0.25, 0.3) is 0 Å². The SMILES string of the molecule is COCCN1CCN(C(=O)CC(C)N)CC1=O. The van der Waals surface area contributed by atoms with Gasteiger partial charge >= 0.3 is 0 Å². The van der Waals surface area contributed by atoms with Crippen molar-refractivity contribution in [2.24, 2.45) is 5.73 Å². The summed E-state index contributed by atoms with van der Waals surface area (Å²) in [7, 11) is 1.60. The lowest BCUT2D eigenvalue weighted by molar-refractivity contribution is -0.145. The number of carbonyl (C=O) groups excluding carboxylic acids is 2. The highest BCUT2D eigenvalue weighted by Gasteiger charge is 2.26. The molecule has 98 valence electrons. The van der Waals surface area contributed by atoms with Gasteiger partial charge in [0.2, 0.25) is 11.8 Å². The summed E-state index contributed by atoms with van der Waals surface area (Å²) in [6.07, 6.45) is 0.297. The molecule has 1 fully saturated rings. The van der Waals surface area contributed by atoms with E-state index in [1.807, 2.05) is 0 Å². The predicted octanol–water partition coefficient (Wildman–Crippen LogP) is -0.959. The normalized spacial score (nSPS) is 18.4. The number of methoxy groups -OCH3 is 1. The largest absolute Gasteiger partial charge is 0.383 e. The minimum atomic E-state index is -0.163. The maximum atomic E-state index is 11.7. The van der Waals surface area contributed by atoms with Crippen molar-refractivity contribution in [2.75, 3.05) is 39.9 Å². The zero-order valence-electron chi connectivity index (χ0n) is 10.5. The Bertz CT molecular complexity index is 281. The van der Waals surface area contributed by atoms with Gasteiger partial charge in [-0.15, -0.1) is 0 Å². The number of nitrogens with zero attached hydrogens (tertiary/aromatic N) is 2. The summed E-state index contributed by atoms with van der Waals surface area (Å²) in [6.45, 7) is 4.22. The van der Waals surface area contributed by atoms with Crippen molar-refractivity contribution in [3.63, 3.8) is 0 Å². The van der Waals surface area contributed by atoms with E-state index in [0.717, 1.165) is 0 Å². The van der Waals surface area contributed by atoms with Crippen LogP contribution < -0.4 is 5.73 Å². The Morgan fingerprint density at radius 3 is 2.76 bits per heavy atom. The molecule has 0 saturated carbocycles. The van der Waals surface area contributed by atoms with E-state index in [2.05, 4.69) is 0 Å². The van der Waals surface area contributed by atoms with Crippen LogP contribution in [0.1, 0.15) is 13.3 Å². The third-order valence-corrected chi connectivity index (χ3v) is 2.73. The first-order valence-electron chi connectivity index (χ1n) is 5.84. The molecule has 0 aliphatic carbocycles. The van der Waals surface area contributed by atoms with Gasteiger partial charge in [-0.3, -0.25) is 9.59 Å². The summed E-state index contributed by atoms with van der Waals surface area (Å²) in [5, 5.41) is 0. The van der Waals surface area contributed by atoms with Gasteiger partial charge in [-0.1, -0.05) is 0 Å². The highest BCUT2D eigenvalue weighted by molar-refractivity contribution is 5.86. The van der Waals surface area contributed by atoms with E-state index >= 15 is 0 Å². The zero-order valence-corrected chi connectivity index (χ0v) is 10.5. The monoisotopic (exact) mass is 243 g/mol. The van der Waals surface area contributed by atoms with E-state index in [1.165, 1.54) is 0 Å². The van der Waals surface area contributed by atoms with Gasteiger partial charge in [0.1, 0.15) is 0 Å². The second-order valence-electron chi connectivity index (χ2n) is 4.37. The molecule has 17 heavy (non-hydrogen) atoms. The van der Waals surface area contributed by atoms with Crippen LogP contribution in [-0.2, 0) is 14.3 Å². The van der Waals surface area contributed by atoms with Crippen molar-refractivity contribution in [2.45, 2.75) is 19.4 Å². The van der Waals surface area contributed by atoms with Crippen molar-refractivity contribution in [1.29, 1.82) is 0 Å². The summed E-state index contributed by atoms with van der Waals surface area (Å²) >= 11 is 0. The summed E-state index contributed by atoms with van der Waals surface area (Å²) in [4.78, 5) is 26.8. The van der Waals surface area contributed by atoms with E-state index in [9.17, 15) is 9.59 Å². The van der Waals surface area contributed by atoms with Crippen molar-refractivity contribution in [3.8, 4) is 0 Å². The molecule has 2 N–H and O–H groups in total. The Labute approximate surface area is 102 Å². The first-order valence-corrected chi connectivity index (χ1v) is 5.84. The van der Waals surface area contributed by atoms with Crippen LogP contribution in [0, 0.1) is 0 Å². The van der Waals surface area contributed by atoms with Crippen LogP contribution in [0.2, 0.25) is 0 Å². The standard InChI is InChI=1S/C11H21N3O3/c1-9(12)7-10(15)14-4-3-13(5-6-17-2)11(16)8-14/h9H,3-8,12H2,1-2H3. The second-order valence-corrected chi connectivity index (χ2v) is 4.37. The maximum Gasteiger partial charge on any atom is 0.242 e. The first-order chi connectivity index (χ1) is 8.04. The molecule has 0 aromatic carbocycles. The maximum absolute atomic E-state index is 11.7. The molecule has 1 aliphatic rings. The predicted molar refractivity (Wildman–Crippen MR) is 63.3 cm³/mol. The van der Waals surface area contributed by atoms with Crippen molar-refractivity contribution in [1.82, 2.24) is 9.80 Å². The fraction of sp³-hybridized carbons (Fsp3) is 0.818. The van der Waals surface area contributed by atoms with E-state index in [-0.39, 0.29) is 24.4 Å². The minimum Gasteiger partial charge on any atom is -0.383 e. The summed E-state index contributed by atoms with van der Waals surface area (Å²) in [5.41, 5.74) is 5.57. The van der Waals surface area contributed by atoms with Gasteiger partial charge < -0.3 is 20.3 Å². The third kappa shape index (κ3) is 4.32. The molecule has 0 aromatic rings. The van der Waals surface area contributed by atoms with Crippen LogP contribution >= 0.6 is 0 Å². The number of amides is 2. The highest BCUT2D eigenvalue weighted by Crippen LogP contribution is 2.06. The van der Waals surface area contributed by atoms with Crippen LogP contribution in [0.4, 0.5) is 0 Å². The Morgan fingerprint density at radius 1 is 1.53 bits per heavy atom. The topological polar surface area (TPSA) is 75.9 Å². The molecule has 0 aromatic heterocycles. The number of hydrogen-bond acceptors (Lipinski definition) is 4. The average molecular weight is 243 g/mol. The van der Waals surface area contributed by atoms with Gasteiger partial charge in [-0.2, -0.15) is 0 Å². The number of ether oxygens (including phenoxy) is 1. The number of rotatable bonds is 5. The lowest BCUT2D eigenvalue weighted by atomic mass is 10.2. The molecular weight excluding hydrogens is 222 g/mol. The Balaban J connectivity index is 2.41. The van der Waals surface area contributed by atoms with Crippen LogP contribution in [0.3, 0.4) is 0 Å². The molecule has 0 radical (unpaired) electrons. The van der Waals surface area contributed by atoms with E-state index in [4.69, 9.17) is 10.5 Å². The average Bonchev–Trinajstić information content (AvgIpc) is 2.26. The van der Waals surface area contributed by atoms with Gasteiger partial charge in [0.15, 0.2) is 0 Å². The van der Waals surface area contributed by atoms with Gasteiger partial charge in [0, 0.05) is 39.2 Å². The Kier molecular flexibility index (Phi) is 5.37. The Hall–Kier alpha value is -1.14. The smallest absolute Gasteiger partial charge is 0.242 e. The van der Waals surface area contributed by atoms with Crippen LogP contribution in [0.15, 0.2) is 0 Å². The fourth-order valence-corrected chi connectivity index (χ4v) is 1.76. The molecule has 1 atom stereocenters. The molecule has 1 saturated heterocycles. The molecule has 0 bridgehead atoms. The second kappa shape index (κ2) is 6.56. The van der Waals surface area contributed by atoms with Crippen LogP contribution in [-0.4, -0.2) is 67.6 Å². The van der Waals surface area contributed by atoms with Gasteiger partial charge in [-0.25, -0.2) is 0 Å². The van der Waals surface area contributed by atoms with Crippen molar-refractivity contribution >= 4 is 11.8 Å².